The van der Waals surface area contributed by atoms with Crippen LogP contribution in [0.5, 0.6) is 0 Å². The van der Waals surface area contributed by atoms with Gasteiger partial charge in [0.25, 0.3) is 5.91 Å². The average Bonchev–Trinajstić information content (AvgIpc) is 3.32. The van der Waals surface area contributed by atoms with Crippen molar-refractivity contribution in [2.24, 2.45) is 13.0 Å². The van der Waals surface area contributed by atoms with E-state index in [-0.39, 0.29) is 29.7 Å². The Morgan fingerprint density at radius 3 is 2.92 bits per heavy atom. The summed E-state index contributed by atoms with van der Waals surface area (Å²) in [6.45, 7) is 0.473. The highest BCUT2D eigenvalue weighted by Gasteiger charge is 2.36. The standard InChI is InChI=1S/C18H21N5O3/c1-22-10-13(9-20-22)17(12-7-14(24)8-12)21-18(25)16-4-3-15(26-16)11-23-6-2-5-19-23/h2-6,9-10,12,14,17,24H,7-8,11H2,1H3,(H,21,25)/t12?,14?,17-/m0/s1. The molecule has 136 valence electrons. The Morgan fingerprint density at radius 1 is 1.42 bits per heavy atom. The van der Waals surface area contributed by atoms with Crippen LogP contribution in [0.25, 0.3) is 0 Å². The number of carbonyl (C=O) groups is 1. The van der Waals surface area contributed by atoms with Crippen LogP contribution in [-0.2, 0) is 13.6 Å². The van der Waals surface area contributed by atoms with E-state index in [1.165, 1.54) is 0 Å². The molecular formula is C18H21N5O3. The van der Waals surface area contributed by atoms with Crippen molar-refractivity contribution in [2.75, 3.05) is 0 Å². The molecule has 4 rings (SSSR count). The van der Waals surface area contributed by atoms with Crippen LogP contribution in [0.15, 0.2) is 47.4 Å². The van der Waals surface area contributed by atoms with Crippen molar-refractivity contribution in [3.8, 4) is 0 Å². The quantitative estimate of drug-likeness (QED) is 0.698. The van der Waals surface area contributed by atoms with Crippen molar-refractivity contribution in [1.29, 1.82) is 0 Å². The van der Waals surface area contributed by atoms with Gasteiger partial charge in [-0.2, -0.15) is 10.2 Å². The lowest BCUT2D eigenvalue weighted by atomic mass is 9.75. The Labute approximate surface area is 150 Å². The maximum absolute atomic E-state index is 12.7. The number of nitrogens with zero attached hydrogens (tertiary/aromatic N) is 4. The maximum Gasteiger partial charge on any atom is 0.287 e. The molecule has 0 bridgehead atoms. The Kier molecular flexibility index (Phi) is 4.34. The summed E-state index contributed by atoms with van der Waals surface area (Å²) >= 11 is 0. The average molecular weight is 355 g/mol. The van der Waals surface area contributed by atoms with Crippen LogP contribution in [0.2, 0.25) is 0 Å². The number of hydrogen-bond acceptors (Lipinski definition) is 5. The van der Waals surface area contributed by atoms with E-state index in [4.69, 9.17) is 4.42 Å². The molecule has 1 saturated carbocycles. The minimum atomic E-state index is -0.291. The van der Waals surface area contributed by atoms with Gasteiger partial charge >= 0.3 is 0 Å². The first-order valence-corrected chi connectivity index (χ1v) is 8.62. The summed E-state index contributed by atoms with van der Waals surface area (Å²) in [7, 11) is 1.84. The van der Waals surface area contributed by atoms with E-state index in [1.54, 1.807) is 33.9 Å². The van der Waals surface area contributed by atoms with Gasteiger partial charge in [-0.25, -0.2) is 0 Å². The number of nitrogens with one attached hydrogen (secondary N) is 1. The second-order valence-corrected chi connectivity index (χ2v) is 6.75. The van der Waals surface area contributed by atoms with Crippen LogP contribution in [0, 0.1) is 5.92 Å². The van der Waals surface area contributed by atoms with Crippen molar-refractivity contribution in [3.05, 3.63) is 60.1 Å². The third-order valence-electron chi connectivity index (χ3n) is 4.75. The molecule has 0 aliphatic heterocycles. The predicted molar refractivity (Wildman–Crippen MR) is 92.2 cm³/mol. The highest BCUT2D eigenvalue weighted by molar-refractivity contribution is 5.91. The molecule has 0 aromatic carbocycles. The number of aryl methyl sites for hydroxylation is 1. The van der Waals surface area contributed by atoms with Crippen molar-refractivity contribution in [3.63, 3.8) is 0 Å². The van der Waals surface area contributed by atoms with Crippen LogP contribution in [0.3, 0.4) is 0 Å². The number of rotatable bonds is 6. The van der Waals surface area contributed by atoms with Gasteiger partial charge in [-0.3, -0.25) is 14.2 Å². The SMILES string of the molecule is Cn1cc([C@@H](NC(=O)c2ccc(Cn3cccn3)o2)C2CC(O)C2)cn1. The van der Waals surface area contributed by atoms with Crippen molar-refractivity contribution in [1.82, 2.24) is 24.9 Å². The molecule has 0 radical (unpaired) electrons. The number of carbonyl (C=O) groups excluding carboxylic acids is 1. The first-order chi connectivity index (χ1) is 12.6. The molecule has 1 atom stereocenters. The zero-order valence-corrected chi connectivity index (χ0v) is 14.4. The molecule has 3 heterocycles. The summed E-state index contributed by atoms with van der Waals surface area (Å²) < 4.78 is 9.11. The molecule has 0 spiro atoms. The minimum Gasteiger partial charge on any atom is -0.454 e. The molecule has 8 heteroatoms. The first kappa shape index (κ1) is 16.6. The van der Waals surface area contributed by atoms with Crippen LogP contribution < -0.4 is 5.32 Å². The third kappa shape index (κ3) is 3.41. The van der Waals surface area contributed by atoms with E-state index in [0.29, 0.717) is 25.1 Å². The van der Waals surface area contributed by atoms with Gasteiger partial charge in [0.2, 0.25) is 0 Å². The van der Waals surface area contributed by atoms with Gasteiger partial charge in [-0.05, 0) is 37.0 Å². The van der Waals surface area contributed by atoms with Crippen LogP contribution >= 0.6 is 0 Å². The van der Waals surface area contributed by atoms with Crippen LogP contribution in [0.1, 0.15) is 40.8 Å². The lowest BCUT2D eigenvalue weighted by molar-refractivity contribution is 0.0232. The molecule has 2 N–H and O–H groups in total. The van der Waals surface area contributed by atoms with Gasteiger partial charge < -0.3 is 14.8 Å². The summed E-state index contributed by atoms with van der Waals surface area (Å²) in [6, 6.07) is 5.09. The van der Waals surface area contributed by atoms with Gasteiger partial charge in [-0.1, -0.05) is 0 Å². The maximum atomic E-state index is 12.7. The molecule has 3 aromatic rings. The van der Waals surface area contributed by atoms with Gasteiger partial charge in [-0.15, -0.1) is 0 Å². The Morgan fingerprint density at radius 2 is 2.27 bits per heavy atom. The minimum absolute atomic E-state index is 0.191. The van der Waals surface area contributed by atoms with Crippen molar-refractivity contribution < 1.29 is 14.3 Å². The molecule has 1 aliphatic carbocycles. The van der Waals surface area contributed by atoms with E-state index >= 15 is 0 Å². The summed E-state index contributed by atoms with van der Waals surface area (Å²) in [4.78, 5) is 12.7. The number of amides is 1. The number of furan rings is 1. The van der Waals surface area contributed by atoms with Gasteiger partial charge in [0.15, 0.2) is 5.76 Å². The van der Waals surface area contributed by atoms with Gasteiger partial charge in [0.1, 0.15) is 5.76 Å². The second kappa shape index (κ2) is 6.80. The smallest absolute Gasteiger partial charge is 0.287 e. The summed E-state index contributed by atoms with van der Waals surface area (Å²) in [5.41, 5.74) is 0.932. The van der Waals surface area contributed by atoms with E-state index < -0.39 is 0 Å². The zero-order valence-electron chi connectivity index (χ0n) is 14.4. The number of aliphatic hydroxyl groups excluding tert-OH is 1. The predicted octanol–water partition coefficient (Wildman–Crippen LogP) is 1.50. The van der Waals surface area contributed by atoms with Gasteiger partial charge in [0.05, 0.1) is 24.9 Å². The molecular weight excluding hydrogens is 334 g/mol. The lowest BCUT2D eigenvalue weighted by Gasteiger charge is -2.37. The fourth-order valence-electron chi connectivity index (χ4n) is 3.33. The van der Waals surface area contributed by atoms with E-state index in [2.05, 4.69) is 15.5 Å². The summed E-state index contributed by atoms with van der Waals surface area (Å²) in [5.74, 6) is 0.848. The first-order valence-electron chi connectivity index (χ1n) is 8.62. The highest BCUT2D eigenvalue weighted by atomic mass is 16.4. The molecule has 26 heavy (non-hydrogen) atoms. The number of hydrogen-bond donors (Lipinski definition) is 2. The lowest BCUT2D eigenvalue weighted by Crippen LogP contribution is -2.41. The van der Waals surface area contributed by atoms with Crippen LogP contribution in [0.4, 0.5) is 0 Å². The molecule has 1 aliphatic rings. The van der Waals surface area contributed by atoms with E-state index in [0.717, 1.165) is 5.56 Å². The topological polar surface area (TPSA) is 98.1 Å². The molecule has 8 nitrogen and oxygen atoms in total. The number of aromatic nitrogens is 4. The van der Waals surface area contributed by atoms with Gasteiger partial charge in [0, 0.05) is 31.2 Å². The third-order valence-corrected chi connectivity index (χ3v) is 4.75. The normalized spacial score (nSPS) is 20.5. The van der Waals surface area contributed by atoms with Crippen LogP contribution in [-0.4, -0.2) is 36.7 Å². The molecule has 0 saturated heterocycles. The molecule has 3 aromatic heterocycles. The van der Waals surface area contributed by atoms with Crippen molar-refractivity contribution in [2.45, 2.75) is 31.5 Å². The fourth-order valence-corrected chi connectivity index (χ4v) is 3.33. The zero-order chi connectivity index (χ0) is 18.1. The highest BCUT2D eigenvalue weighted by Crippen LogP contribution is 2.38. The Bertz CT molecular complexity index is 876. The second-order valence-electron chi connectivity index (χ2n) is 6.75. The van der Waals surface area contributed by atoms with E-state index in [1.807, 2.05) is 25.5 Å². The van der Waals surface area contributed by atoms with E-state index in [9.17, 15) is 9.90 Å². The monoisotopic (exact) mass is 355 g/mol. The molecule has 0 unspecified atom stereocenters. The molecule has 1 amide bonds. The largest absolute Gasteiger partial charge is 0.454 e. The van der Waals surface area contributed by atoms with Crippen molar-refractivity contribution >= 4 is 5.91 Å². The summed E-state index contributed by atoms with van der Waals surface area (Å²) in [6.07, 6.45) is 8.22. The summed E-state index contributed by atoms with van der Waals surface area (Å²) in [5, 5.41) is 21.0. The Hall–Kier alpha value is -2.87. The molecule has 1 fully saturated rings. The number of aliphatic hydroxyl groups is 1. The fraction of sp³-hybridized carbons (Fsp3) is 0.389. The Balaban J connectivity index is 1.47.